The molecule has 3 N–H and O–H groups in total. The third-order valence-corrected chi connectivity index (χ3v) is 4.44. The van der Waals surface area contributed by atoms with E-state index in [0.29, 0.717) is 13.1 Å². The van der Waals surface area contributed by atoms with Gasteiger partial charge in [-0.2, -0.15) is 0 Å². The molecule has 0 aliphatic heterocycles. The highest BCUT2D eigenvalue weighted by Crippen LogP contribution is 2.37. The topological polar surface area (TPSA) is 68.0 Å². The van der Waals surface area contributed by atoms with Gasteiger partial charge in [-0.3, -0.25) is 4.79 Å². The lowest BCUT2D eigenvalue weighted by Gasteiger charge is -2.25. The van der Waals surface area contributed by atoms with Crippen molar-refractivity contribution >= 4 is 42.1 Å². The Bertz CT molecular complexity index is 405. The smallest absolute Gasteiger partial charge is 0.227 e. The average molecular weight is 326 g/mol. The molecule has 0 radical (unpaired) electrons. The lowest BCUT2D eigenvalue weighted by molar-refractivity contribution is -0.130. The molecule has 1 aliphatic rings. The predicted molar refractivity (Wildman–Crippen MR) is 83.1 cm³/mol. The molecular weight excluding hydrogens is 305 g/mol. The van der Waals surface area contributed by atoms with E-state index in [0.717, 1.165) is 35.6 Å². The Morgan fingerprint density at radius 3 is 2.58 bits per heavy atom. The lowest BCUT2D eigenvalue weighted by Crippen LogP contribution is -2.43. The molecular formula is C12H21Cl2N3OS. The zero-order valence-corrected chi connectivity index (χ0v) is 13.4. The van der Waals surface area contributed by atoms with Gasteiger partial charge in [-0.1, -0.05) is 12.8 Å². The van der Waals surface area contributed by atoms with Crippen molar-refractivity contribution in [2.24, 2.45) is 11.1 Å². The average Bonchev–Trinajstić information content (AvgIpc) is 2.95. The van der Waals surface area contributed by atoms with E-state index in [1.54, 1.807) is 11.3 Å². The van der Waals surface area contributed by atoms with Crippen LogP contribution in [-0.4, -0.2) is 17.4 Å². The van der Waals surface area contributed by atoms with Gasteiger partial charge in [0.1, 0.15) is 0 Å². The fraction of sp³-hybridized carbons (Fsp3) is 0.667. The molecule has 1 aliphatic carbocycles. The molecule has 1 fully saturated rings. The van der Waals surface area contributed by atoms with Crippen molar-refractivity contribution in [3.05, 3.63) is 16.1 Å². The third kappa shape index (κ3) is 4.31. The summed E-state index contributed by atoms with van der Waals surface area (Å²) in [5, 5.41) is 4.03. The molecule has 1 heterocycles. The molecule has 1 amide bonds. The summed E-state index contributed by atoms with van der Waals surface area (Å²) in [5.41, 5.74) is 5.47. The number of nitrogens with two attached hydrogens (primary N) is 1. The van der Waals surface area contributed by atoms with Crippen LogP contribution in [0.15, 0.2) is 6.20 Å². The molecule has 0 unspecified atom stereocenters. The highest BCUT2D eigenvalue weighted by molar-refractivity contribution is 7.11. The largest absolute Gasteiger partial charge is 0.351 e. The van der Waals surface area contributed by atoms with Gasteiger partial charge in [0.15, 0.2) is 0 Å². The van der Waals surface area contributed by atoms with E-state index >= 15 is 0 Å². The van der Waals surface area contributed by atoms with E-state index in [1.807, 2.05) is 13.1 Å². The monoisotopic (exact) mass is 325 g/mol. The summed E-state index contributed by atoms with van der Waals surface area (Å²) in [6, 6.07) is 0. The Labute approximate surface area is 130 Å². The number of nitrogens with zero attached hydrogens (tertiary/aromatic N) is 1. The first kappa shape index (κ1) is 18.6. The number of nitrogens with one attached hydrogen (secondary N) is 1. The van der Waals surface area contributed by atoms with Gasteiger partial charge in [0.2, 0.25) is 5.91 Å². The Morgan fingerprint density at radius 1 is 1.47 bits per heavy atom. The first-order valence-corrected chi connectivity index (χ1v) is 6.88. The van der Waals surface area contributed by atoms with E-state index < -0.39 is 0 Å². The van der Waals surface area contributed by atoms with Gasteiger partial charge in [-0.15, -0.1) is 36.2 Å². The summed E-state index contributed by atoms with van der Waals surface area (Å²) >= 11 is 1.62. The minimum atomic E-state index is -0.306. The molecule has 0 aromatic carbocycles. The minimum absolute atomic E-state index is 0. The number of thiazole rings is 1. The van der Waals surface area contributed by atoms with Gasteiger partial charge in [0.05, 0.1) is 17.0 Å². The highest BCUT2D eigenvalue weighted by atomic mass is 35.5. The van der Waals surface area contributed by atoms with E-state index in [2.05, 4.69) is 10.3 Å². The first-order chi connectivity index (χ1) is 8.16. The molecule has 1 saturated carbocycles. The molecule has 0 atom stereocenters. The van der Waals surface area contributed by atoms with Gasteiger partial charge < -0.3 is 11.1 Å². The van der Waals surface area contributed by atoms with Crippen LogP contribution in [0.5, 0.6) is 0 Å². The van der Waals surface area contributed by atoms with Crippen molar-refractivity contribution in [2.75, 3.05) is 6.54 Å². The number of aromatic nitrogens is 1. The molecule has 0 spiro atoms. The zero-order chi connectivity index (χ0) is 12.3. The van der Waals surface area contributed by atoms with Crippen molar-refractivity contribution in [3.8, 4) is 0 Å². The molecule has 0 saturated heterocycles. The van der Waals surface area contributed by atoms with Gasteiger partial charge >= 0.3 is 0 Å². The van der Waals surface area contributed by atoms with Crippen LogP contribution in [0.1, 0.15) is 35.6 Å². The van der Waals surface area contributed by atoms with Crippen molar-refractivity contribution in [2.45, 2.75) is 39.2 Å². The predicted octanol–water partition coefficient (Wildman–Crippen LogP) is 2.43. The molecule has 4 nitrogen and oxygen atoms in total. The maximum absolute atomic E-state index is 12.2. The number of aryl methyl sites for hydroxylation is 1. The second-order valence-electron chi connectivity index (χ2n) is 4.72. The summed E-state index contributed by atoms with van der Waals surface area (Å²) in [7, 11) is 0. The fourth-order valence-corrected chi connectivity index (χ4v) is 3.15. The molecule has 2 rings (SSSR count). The number of carbonyl (C=O) groups excluding carboxylic acids is 1. The maximum atomic E-state index is 12.2. The van der Waals surface area contributed by atoms with Crippen LogP contribution >= 0.6 is 36.2 Å². The van der Waals surface area contributed by atoms with Gasteiger partial charge in [-0.05, 0) is 19.8 Å². The Morgan fingerprint density at radius 2 is 2.11 bits per heavy atom. The fourth-order valence-electron chi connectivity index (χ4n) is 2.42. The normalized spacial score (nSPS) is 16.3. The van der Waals surface area contributed by atoms with E-state index in [9.17, 15) is 4.79 Å². The Balaban J connectivity index is 0.00000162. The summed E-state index contributed by atoms with van der Waals surface area (Å²) < 4.78 is 0. The molecule has 1 aromatic rings. The van der Waals surface area contributed by atoms with Crippen molar-refractivity contribution in [1.82, 2.24) is 10.3 Å². The first-order valence-electron chi connectivity index (χ1n) is 6.06. The molecule has 19 heavy (non-hydrogen) atoms. The number of carbonyl (C=O) groups is 1. The molecule has 110 valence electrons. The standard InChI is InChI=1S/C12H19N3OS.2ClH/c1-9-14-6-10(17-9)7-15-11(16)12(8-13)4-2-3-5-12;;/h6H,2-5,7-8,13H2,1H3,(H,15,16);2*1H. The van der Waals surface area contributed by atoms with Crippen molar-refractivity contribution < 1.29 is 4.79 Å². The van der Waals surface area contributed by atoms with Crippen LogP contribution < -0.4 is 11.1 Å². The zero-order valence-electron chi connectivity index (χ0n) is 11.0. The molecule has 1 aromatic heterocycles. The number of hydrogen-bond acceptors (Lipinski definition) is 4. The van der Waals surface area contributed by atoms with Crippen LogP contribution in [0, 0.1) is 12.3 Å². The second kappa shape index (κ2) is 8.04. The van der Waals surface area contributed by atoms with Crippen LogP contribution in [-0.2, 0) is 11.3 Å². The van der Waals surface area contributed by atoms with Crippen molar-refractivity contribution in [1.29, 1.82) is 0 Å². The van der Waals surface area contributed by atoms with Crippen molar-refractivity contribution in [3.63, 3.8) is 0 Å². The quantitative estimate of drug-likeness (QED) is 0.893. The van der Waals surface area contributed by atoms with Gasteiger partial charge in [0, 0.05) is 17.6 Å². The second-order valence-corrected chi connectivity index (χ2v) is 6.04. The van der Waals surface area contributed by atoms with Gasteiger partial charge in [-0.25, -0.2) is 4.98 Å². The number of hydrogen-bond donors (Lipinski definition) is 2. The summed E-state index contributed by atoms with van der Waals surface area (Å²) in [4.78, 5) is 17.4. The van der Waals surface area contributed by atoms with Crippen LogP contribution in [0.3, 0.4) is 0 Å². The number of halogens is 2. The summed E-state index contributed by atoms with van der Waals surface area (Å²) in [6.45, 7) is 3.00. The maximum Gasteiger partial charge on any atom is 0.227 e. The van der Waals surface area contributed by atoms with Gasteiger partial charge in [0.25, 0.3) is 0 Å². The van der Waals surface area contributed by atoms with E-state index in [4.69, 9.17) is 5.73 Å². The Hall–Kier alpha value is -0.360. The number of rotatable bonds is 4. The lowest BCUT2D eigenvalue weighted by atomic mass is 9.85. The van der Waals surface area contributed by atoms with Crippen LogP contribution in [0.4, 0.5) is 0 Å². The minimum Gasteiger partial charge on any atom is -0.351 e. The Kier molecular flexibility index (Phi) is 7.89. The number of amides is 1. The van der Waals surface area contributed by atoms with E-state index in [1.165, 1.54) is 0 Å². The molecule has 0 bridgehead atoms. The molecule has 7 heteroatoms. The third-order valence-electron chi connectivity index (χ3n) is 3.53. The van der Waals surface area contributed by atoms with E-state index in [-0.39, 0.29) is 36.1 Å². The SMILES string of the molecule is Cc1ncc(CNC(=O)C2(CN)CCCC2)s1.Cl.Cl. The van der Waals surface area contributed by atoms with Crippen LogP contribution in [0.25, 0.3) is 0 Å². The van der Waals surface area contributed by atoms with Crippen LogP contribution in [0.2, 0.25) is 0 Å². The highest BCUT2D eigenvalue weighted by Gasteiger charge is 2.39. The summed E-state index contributed by atoms with van der Waals surface area (Å²) in [5.74, 6) is 0.114. The summed E-state index contributed by atoms with van der Waals surface area (Å²) in [6.07, 6.45) is 5.91.